The lowest BCUT2D eigenvalue weighted by molar-refractivity contribution is -0.154. The average molecular weight is 409 g/mol. The van der Waals surface area contributed by atoms with E-state index < -0.39 is 35.6 Å². The van der Waals surface area contributed by atoms with Gasteiger partial charge in [-0.05, 0) is 38.1 Å². The minimum absolute atomic E-state index is 0.167. The van der Waals surface area contributed by atoms with Gasteiger partial charge in [0, 0.05) is 5.56 Å². The summed E-state index contributed by atoms with van der Waals surface area (Å²) in [5.41, 5.74) is -0.461. The van der Waals surface area contributed by atoms with Crippen LogP contribution >= 0.6 is 0 Å². The molecule has 3 aromatic rings. The van der Waals surface area contributed by atoms with Crippen molar-refractivity contribution < 1.29 is 19.1 Å². The molecule has 1 amide bonds. The van der Waals surface area contributed by atoms with Crippen LogP contribution in [-0.2, 0) is 20.9 Å². The maximum atomic E-state index is 12.5. The molecule has 30 heavy (non-hydrogen) atoms. The number of para-hydroxylation sites is 1. The quantitative estimate of drug-likeness (QED) is 0.469. The molecule has 2 aromatic carbocycles. The number of hydrogen-bond acceptors (Lipinski definition) is 6. The molecule has 2 N–H and O–H groups in total. The lowest BCUT2D eigenvalue weighted by atomic mass is 10.1. The second-order valence-electron chi connectivity index (χ2n) is 6.60. The number of fused-ring (bicyclic) bond motifs is 1. The van der Waals surface area contributed by atoms with Crippen LogP contribution in [0.25, 0.3) is 10.8 Å². The van der Waals surface area contributed by atoms with Gasteiger partial charge >= 0.3 is 5.97 Å². The summed E-state index contributed by atoms with van der Waals surface area (Å²) < 4.78 is 5.91. The molecule has 0 bridgehead atoms. The van der Waals surface area contributed by atoms with Gasteiger partial charge in [-0.3, -0.25) is 29.1 Å². The molecule has 9 heteroatoms. The highest BCUT2D eigenvalue weighted by molar-refractivity contribution is 6.04. The van der Waals surface area contributed by atoms with Crippen molar-refractivity contribution in [2.45, 2.75) is 26.5 Å². The van der Waals surface area contributed by atoms with Crippen molar-refractivity contribution in [3.05, 3.63) is 74.8 Å². The Bertz CT molecular complexity index is 1260. The number of carbonyl (C=O) groups is 3. The smallest absolute Gasteiger partial charge is 0.328 e. The highest BCUT2D eigenvalue weighted by atomic mass is 16.5. The summed E-state index contributed by atoms with van der Waals surface area (Å²) in [6, 6.07) is 12.7. The summed E-state index contributed by atoms with van der Waals surface area (Å²) >= 11 is 0. The van der Waals surface area contributed by atoms with Crippen LogP contribution in [0.3, 0.4) is 0 Å². The molecule has 1 heterocycles. The molecular formula is C21H19N3O6. The highest BCUT2D eigenvalue weighted by Gasteiger charge is 2.20. The molecule has 0 fully saturated rings. The number of H-pyrrole nitrogens is 1. The van der Waals surface area contributed by atoms with Crippen molar-refractivity contribution in [2.75, 3.05) is 5.32 Å². The summed E-state index contributed by atoms with van der Waals surface area (Å²) in [4.78, 5) is 60.8. The molecule has 0 aliphatic carbocycles. The second-order valence-corrected chi connectivity index (χ2v) is 6.60. The number of amides is 1. The van der Waals surface area contributed by atoms with E-state index in [2.05, 4.69) is 10.4 Å². The van der Waals surface area contributed by atoms with Gasteiger partial charge in [0.25, 0.3) is 17.0 Å². The van der Waals surface area contributed by atoms with Crippen LogP contribution in [-0.4, -0.2) is 33.5 Å². The zero-order valence-corrected chi connectivity index (χ0v) is 16.3. The molecule has 0 radical (unpaired) electrons. The predicted octanol–water partition coefficient (Wildman–Crippen LogP) is 1.46. The molecule has 0 aliphatic rings. The van der Waals surface area contributed by atoms with Crippen LogP contribution in [0.5, 0.6) is 0 Å². The van der Waals surface area contributed by atoms with Crippen LogP contribution in [0.4, 0.5) is 5.69 Å². The van der Waals surface area contributed by atoms with Crippen molar-refractivity contribution >= 4 is 34.1 Å². The largest absolute Gasteiger partial charge is 0.451 e. The number of rotatable bonds is 6. The van der Waals surface area contributed by atoms with Gasteiger partial charge in [-0.1, -0.05) is 24.3 Å². The third kappa shape index (κ3) is 4.35. The van der Waals surface area contributed by atoms with Crippen molar-refractivity contribution in [3.63, 3.8) is 0 Å². The van der Waals surface area contributed by atoms with Crippen LogP contribution < -0.4 is 16.4 Å². The minimum Gasteiger partial charge on any atom is -0.451 e. The number of carbonyl (C=O) groups excluding carboxylic acids is 3. The third-order valence-electron chi connectivity index (χ3n) is 4.41. The number of benzene rings is 2. The van der Waals surface area contributed by atoms with E-state index in [1.54, 1.807) is 36.4 Å². The van der Waals surface area contributed by atoms with Crippen LogP contribution in [0.15, 0.2) is 58.1 Å². The van der Waals surface area contributed by atoms with Gasteiger partial charge in [-0.15, -0.1) is 0 Å². The van der Waals surface area contributed by atoms with Crippen molar-refractivity contribution in [1.29, 1.82) is 0 Å². The Kier molecular flexibility index (Phi) is 5.91. The molecule has 9 nitrogen and oxygen atoms in total. The van der Waals surface area contributed by atoms with E-state index in [4.69, 9.17) is 4.74 Å². The Hall–Kier alpha value is -4.01. The number of anilines is 1. The summed E-state index contributed by atoms with van der Waals surface area (Å²) in [7, 11) is 0. The first-order chi connectivity index (χ1) is 14.3. The minimum atomic E-state index is -1.19. The zero-order valence-electron chi connectivity index (χ0n) is 16.3. The van der Waals surface area contributed by atoms with Gasteiger partial charge < -0.3 is 10.1 Å². The van der Waals surface area contributed by atoms with Crippen LogP contribution in [0.1, 0.15) is 24.2 Å². The fraction of sp³-hybridized carbons (Fsp3) is 0.190. The molecule has 0 spiro atoms. The Balaban J connectivity index is 1.71. The van der Waals surface area contributed by atoms with E-state index in [1.807, 2.05) is 0 Å². The monoisotopic (exact) mass is 409 g/mol. The Morgan fingerprint density at radius 3 is 2.37 bits per heavy atom. The summed E-state index contributed by atoms with van der Waals surface area (Å²) in [6.07, 6.45) is -1.19. The van der Waals surface area contributed by atoms with E-state index >= 15 is 0 Å². The molecule has 154 valence electrons. The van der Waals surface area contributed by atoms with E-state index in [9.17, 15) is 24.0 Å². The topological polar surface area (TPSA) is 127 Å². The van der Waals surface area contributed by atoms with Crippen molar-refractivity contribution in [3.8, 4) is 0 Å². The van der Waals surface area contributed by atoms with Gasteiger partial charge in [0.1, 0.15) is 6.54 Å². The maximum absolute atomic E-state index is 12.5. The standard InChI is InChI=1S/C21H19N3O6/c1-12(25)14-7-5-6-10-17(14)22-19(27)13(2)30-18(26)11-24-21(29)16-9-4-3-8-15(16)20(28)23-24/h3-10,13H,11H2,1-2H3,(H,22,27)(H,23,28). The number of Topliss-reactive ketones (excluding diaryl/α,β-unsaturated/α-hetero) is 1. The van der Waals surface area contributed by atoms with Gasteiger partial charge in [-0.2, -0.15) is 0 Å². The Labute approximate surface area is 170 Å². The second kappa shape index (κ2) is 8.56. The molecular weight excluding hydrogens is 390 g/mol. The predicted molar refractivity (Wildman–Crippen MR) is 109 cm³/mol. The maximum Gasteiger partial charge on any atom is 0.328 e. The molecule has 0 saturated carbocycles. The van der Waals surface area contributed by atoms with Gasteiger partial charge in [0.2, 0.25) is 0 Å². The summed E-state index contributed by atoms with van der Waals surface area (Å²) in [6.45, 7) is 2.16. The Morgan fingerprint density at radius 1 is 1.03 bits per heavy atom. The first-order valence-corrected chi connectivity index (χ1v) is 9.10. The van der Waals surface area contributed by atoms with Gasteiger partial charge in [0.05, 0.1) is 16.5 Å². The van der Waals surface area contributed by atoms with Crippen molar-refractivity contribution in [1.82, 2.24) is 9.78 Å². The normalized spacial score (nSPS) is 11.7. The fourth-order valence-electron chi connectivity index (χ4n) is 2.91. The first-order valence-electron chi connectivity index (χ1n) is 9.10. The van der Waals surface area contributed by atoms with Gasteiger partial charge in [-0.25, -0.2) is 4.68 Å². The SMILES string of the molecule is CC(=O)c1ccccc1NC(=O)C(C)OC(=O)Cn1[nH]c(=O)c2ccccc2c1=O. The average Bonchev–Trinajstić information content (AvgIpc) is 2.72. The number of hydrogen-bond donors (Lipinski definition) is 2. The van der Waals surface area contributed by atoms with Crippen molar-refractivity contribution in [2.24, 2.45) is 0 Å². The first kappa shape index (κ1) is 20.7. The van der Waals surface area contributed by atoms with E-state index in [1.165, 1.54) is 26.0 Å². The number of ketones is 1. The summed E-state index contributed by atoms with van der Waals surface area (Å²) in [5, 5.41) is 5.24. The van der Waals surface area contributed by atoms with Crippen LogP contribution in [0, 0.1) is 0 Å². The molecule has 3 rings (SSSR count). The Morgan fingerprint density at radius 2 is 1.67 bits per heavy atom. The van der Waals surface area contributed by atoms with E-state index in [0.717, 1.165) is 4.68 Å². The summed E-state index contributed by atoms with van der Waals surface area (Å²) in [5.74, 6) is -1.75. The zero-order chi connectivity index (χ0) is 21.8. The fourth-order valence-corrected chi connectivity index (χ4v) is 2.91. The molecule has 0 aliphatic heterocycles. The van der Waals surface area contributed by atoms with E-state index in [-0.39, 0.29) is 16.6 Å². The molecule has 0 saturated heterocycles. The number of nitrogens with zero attached hydrogens (tertiary/aromatic N) is 1. The lowest BCUT2D eigenvalue weighted by Crippen LogP contribution is -2.36. The number of ether oxygens (including phenoxy) is 1. The number of aromatic nitrogens is 2. The van der Waals surface area contributed by atoms with E-state index in [0.29, 0.717) is 11.3 Å². The number of aromatic amines is 1. The molecule has 1 unspecified atom stereocenters. The lowest BCUT2D eigenvalue weighted by Gasteiger charge is -2.15. The number of esters is 1. The molecule has 1 atom stereocenters. The van der Waals surface area contributed by atoms with Gasteiger partial charge in [0.15, 0.2) is 11.9 Å². The third-order valence-corrected chi connectivity index (χ3v) is 4.41. The highest BCUT2D eigenvalue weighted by Crippen LogP contribution is 2.16. The number of nitrogens with one attached hydrogen (secondary N) is 2. The molecule has 1 aromatic heterocycles. The van der Waals surface area contributed by atoms with Crippen LogP contribution in [0.2, 0.25) is 0 Å².